The van der Waals surface area contributed by atoms with Crippen LogP contribution in [0.2, 0.25) is 0 Å². The third-order valence-electron chi connectivity index (χ3n) is 4.84. The molecule has 2 N–H and O–H groups in total. The van der Waals surface area contributed by atoms with Crippen molar-refractivity contribution in [1.82, 2.24) is 19.3 Å². The van der Waals surface area contributed by atoms with Gasteiger partial charge in [0.05, 0.1) is 30.0 Å². The van der Waals surface area contributed by atoms with Crippen molar-refractivity contribution in [2.24, 2.45) is 0 Å². The zero-order valence-corrected chi connectivity index (χ0v) is 16.3. The molecule has 144 valence electrons. The van der Waals surface area contributed by atoms with Crippen LogP contribution in [0.15, 0.2) is 55.1 Å². The molecule has 0 spiro atoms. The number of nitrogens with one attached hydrogen (secondary N) is 1. The van der Waals surface area contributed by atoms with Gasteiger partial charge in [-0.15, -0.1) is 0 Å². The van der Waals surface area contributed by atoms with E-state index in [9.17, 15) is 5.11 Å². The molecule has 0 aliphatic rings. The van der Waals surface area contributed by atoms with Crippen LogP contribution in [0.3, 0.4) is 0 Å². The fourth-order valence-corrected chi connectivity index (χ4v) is 3.38. The number of hydrogen-bond donors (Lipinski definition) is 2. The van der Waals surface area contributed by atoms with Gasteiger partial charge in [-0.05, 0) is 37.6 Å². The number of unbranched alkanes of at least 4 members (excludes halogenated alkanes) is 1. The number of fused-ring (bicyclic) bond motifs is 1. The van der Waals surface area contributed by atoms with E-state index in [-0.39, 0.29) is 6.61 Å². The highest BCUT2D eigenvalue weighted by Gasteiger charge is 2.09. The summed E-state index contributed by atoms with van der Waals surface area (Å²) in [4.78, 5) is 4.27. The highest BCUT2D eigenvalue weighted by atomic mass is 16.3. The summed E-state index contributed by atoms with van der Waals surface area (Å²) in [5, 5.41) is 19.2. The van der Waals surface area contributed by atoms with Crippen molar-refractivity contribution >= 4 is 22.3 Å². The number of benzene rings is 2. The van der Waals surface area contributed by atoms with Crippen LogP contribution in [0.5, 0.6) is 0 Å². The lowest BCUT2D eigenvalue weighted by atomic mass is 10.1. The summed E-state index contributed by atoms with van der Waals surface area (Å²) in [5.41, 5.74) is 5.54. The number of rotatable bonds is 7. The summed E-state index contributed by atoms with van der Waals surface area (Å²) in [5.74, 6) is 0. The van der Waals surface area contributed by atoms with E-state index >= 15 is 0 Å². The molecule has 6 nitrogen and oxygen atoms in total. The predicted molar refractivity (Wildman–Crippen MR) is 112 cm³/mol. The number of aliphatic hydroxyl groups excluding tert-OH is 1. The summed E-state index contributed by atoms with van der Waals surface area (Å²) in [6.07, 6.45) is 8.07. The van der Waals surface area contributed by atoms with E-state index in [2.05, 4.69) is 29.5 Å². The maximum atomic E-state index is 9.86. The van der Waals surface area contributed by atoms with E-state index in [1.807, 2.05) is 52.7 Å². The number of hydrogen-bond acceptors (Lipinski definition) is 4. The Balaban J connectivity index is 1.64. The van der Waals surface area contributed by atoms with Crippen molar-refractivity contribution in [1.29, 1.82) is 0 Å². The van der Waals surface area contributed by atoms with Crippen LogP contribution in [0.4, 0.5) is 11.4 Å². The van der Waals surface area contributed by atoms with Gasteiger partial charge in [0, 0.05) is 35.6 Å². The molecule has 0 saturated heterocycles. The maximum absolute atomic E-state index is 9.86. The minimum Gasteiger partial charge on any atom is -0.392 e. The Morgan fingerprint density at radius 1 is 1.14 bits per heavy atom. The number of aliphatic hydroxyl groups is 1. The molecule has 4 rings (SSSR count). The number of aryl methyl sites for hydroxylation is 2. The number of nitrogens with zero attached hydrogens (tertiary/aromatic N) is 4. The topological polar surface area (TPSA) is 67.9 Å². The Labute approximate surface area is 164 Å². The Kier molecular flexibility index (Phi) is 5.12. The Hall–Kier alpha value is -3.12. The molecule has 0 unspecified atom stereocenters. The van der Waals surface area contributed by atoms with Crippen LogP contribution in [0, 0.1) is 6.92 Å². The van der Waals surface area contributed by atoms with Gasteiger partial charge in [0.1, 0.15) is 5.52 Å². The molecule has 0 radical (unpaired) electrons. The van der Waals surface area contributed by atoms with Gasteiger partial charge in [-0.1, -0.05) is 25.5 Å². The van der Waals surface area contributed by atoms with E-state index in [4.69, 9.17) is 5.10 Å². The average molecular weight is 375 g/mol. The Morgan fingerprint density at radius 3 is 2.79 bits per heavy atom. The monoisotopic (exact) mass is 375 g/mol. The van der Waals surface area contributed by atoms with Crippen LogP contribution < -0.4 is 5.32 Å². The summed E-state index contributed by atoms with van der Waals surface area (Å²) in [6.45, 7) is 5.02. The molecule has 2 heterocycles. The molecular weight excluding hydrogens is 350 g/mol. The van der Waals surface area contributed by atoms with Crippen LogP contribution in [-0.2, 0) is 13.2 Å². The summed E-state index contributed by atoms with van der Waals surface area (Å²) < 4.78 is 3.95. The zero-order chi connectivity index (χ0) is 19.5. The first-order chi connectivity index (χ1) is 13.7. The molecule has 0 aliphatic heterocycles. The molecule has 4 aromatic rings. The van der Waals surface area contributed by atoms with E-state index in [1.165, 1.54) is 0 Å². The van der Waals surface area contributed by atoms with E-state index in [1.54, 1.807) is 6.33 Å². The molecule has 0 fully saturated rings. The molecular formula is C22H25N5O. The van der Waals surface area contributed by atoms with Crippen molar-refractivity contribution in [3.8, 4) is 5.69 Å². The van der Waals surface area contributed by atoms with E-state index in [0.29, 0.717) is 0 Å². The van der Waals surface area contributed by atoms with Crippen molar-refractivity contribution in [3.63, 3.8) is 0 Å². The first-order valence-electron chi connectivity index (χ1n) is 9.66. The number of anilines is 2. The predicted octanol–water partition coefficient (Wildman–Crippen LogP) is 4.57. The normalized spacial score (nSPS) is 11.2. The van der Waals surface area contributed by atoms with Crippen LogP contribution in [-0.4, -0.2) is 24.4 Å². The van der Waals surface area contributed by atoms with Gasteiger partial charge >= 0.3 is 0 Å². The molecule has 6 heteroatoms. The van der Waals surface area contributed by atoms with E-state index < -0.39 is 0 Å². The van der Waals surface area contributed by atoms with Gasteiger partial charge in [-0.25, -0.2) is 4.98 Å². The SMILES string of the molecule is CCCCn1cc2cccc(Nc3ccc(-n4cnc(C)c4)c(CO)c3)c2n1. The summed E-state index contributed by atoms with van der Waals surface area (Å²) >= 11 is 0. The first kappa shape index (κ1) is 18.3. The van der Waals surface area contributed by atoms with Gasteiger partial charge in [-0.2, -0.15) is 5.10 Å². The largest absolute Gasteiger partial charge is 0.392 e. The molecule has 28 heavy (non-hydrogen) atoms. The third-order valence-corrected chi connectivity index (χ3v) is 4.84. The quantitative estimate of drug-likeness (QED) is 0.497. The van der Waals surface area contributed by atoms with Crippen molar-refractivity contribution in [2.75, 3.05) is 5.32 Å². The van der Waals surface area contributed by atoms with Crippen LogP contribution in [0.1, 0.15) is 31.0 Å². The van der Waals surface area contributed by atoms with E-state index in [0.717, 1.165) is 58.6 Å². The highest BCUT2D eigenvalue weighted by Crippen LogP contribution is 2.27. The van der Waals surface area contributed by atoms with Crippen molar-refractivity contribution in [3.05, 3.63) is 66.4 Å². The standard InChI is InChI=1S/C22H25N5O/c1-3-4-10-27-13-17-6-5-7-20(22(17)25-27)24-19-8-9-21(18(11-19)14-28)26-12-16(2)23-15-26/h5-9,11-13,15,24,28H,3-4,10,14H2,1-2H3. The third kappa shape index (κ3) is 3.64. The van der Waals surface area contributed by atoms with Crippen LogP contribution in [0.25, 0.3) is 16.6 Å². The lowest BCUT2D eigenvalue weighted by Crippen LogP contribution is -2.00. The second kappa shape index (κ2) is 7.86. The van der Waals surface area contributed by atoms with Gasteiger partial charge in [0.25, 0.3) is 0 Å². The van der Waals surface area contributed by atoms with Crippen molar-refractivity contribution < 1.29 is 5.11 Å². The number of imidazole rings is 1. The fraction of sp³-hybridized carbons (Fsp3) is 0.273. The second-order valence-electron chi connectivity index (χ2n) is 7.04. The second-order valence-corrected chi connectivity index (χ2v) is 7.04. The molecule has 2 aromatic heterocycles. The zero-order valence-electron chi connectivity index (χ0n) is 16.3. The fourth-order valence-electron chi connectivity index (χ4n) is 3.38. The molecule has 0 aliphatic carbocycles. The number of aromatic nitrogens is 4. The van der Waals surface area contributed by atoms with Gasteiger partial charge in [-0.3, -0.25) is 4.68 Å². The summed E-state index contributed by atoms with van der Waals surface area (Å²) in [6, 6.07) is 12.1. The average Bonchev–Trinajstić information content (AvgIpc) is 3.32. The lowest BCUT2D eigenvalue weighted by molar-refractivity contribution is 0.281. The molecule has 0 amide bonds. The van der Waals surface area contributed by atoms with Gasteiger partial charge < -0.3 is 15.0 Å². The molecule has 0 atom stereocenters. The molecule has 0 bridgehead atoms. The van der Waals surface area contributed by atoms with Gasteiger partial charge in [0.15, 0.2) is 0 Å². The smallest absolute Gasteiger partial charge is 0.116 e. The molecule has 2 aromatic carbocycles. The Bertz CT molecular complexity index is 1100. The molecule has 0 saturated carbocycles. The highest BCUT2D eigenvalue weighted by molar-refractivity contribution is 5.92. The van der Waals surface area contributed by atoms with Crippen molar-refractivity contribution in [2.45, 2.75) is 39.8 Å². The minimum absolute atomic E-state index is 0.0437. The minimum atomic E-state index is -0.0437. The Morgan fingerprint density at radius 2 is 2.04 bits per heavy atom. The lowest BCUT2D eigenvalue weighted by Gasteiger charge is -2.12. The summed E-state index contributed by atoms with van der Waals surface area (Å²) in [7, 11) is 0. The first-order valence-corrected chi connectivity index (χ1v) is 9.66. The van der Waals surface area contributed by atoms with Crippen LogP contribution >= 0.6 is 0 Å². The maximum Gasteiger partial charge on any atom is 0.116 e. The van der Waals surface area contributed by atoms with Gasteiger partial charge in [0.2, 0.25) is 0 Å².